The maximum Gasteiger partial charge on any atom is 0.270 e. The van der Waals surface area contributed by atoms with Crippen LogP contribution in [-0.4, -0.2) is 33.8 Å². The average Bonchev–Trinajstić information content (AvgIpc) is 3.14. The number of aromatic nitrogens is 1. The fourth-order valence-electron chi connectivity index (χ4n) is 3.64. The number of benzene rings is 2. The number of para-hydroxylation sites is 1. The van der Waals surface area contributed by atoms with Crippen molar-refractivity contribution in [3.05, 3.63) is 111 Å². The molecule has 0 saturated heterocycles. The Morgan fingerprint density at radius 2 is 1.82 bits per heavy atom. The first-order valence-electron chi connectivity index (χ1n) is 10.5. The number of nitrogens with zero attached hydrogens (tertiary/aromatic N) is 3. The predicted octanol–water partition coefficient (Wildman–Crippen LogP) is 3.95. The summed E-state index contributed by atoms with van der Waals surface area (Å²) < 4.78 is 1.72. The number of carbonyl (C=O) groups excluding carboxylic acids is 2. The molecule has 0 unspecified atom stereocenters. The smallest absolute Gasteiger partial charge is 0.270 e. The van der Waals surface area contributed by atoms with Crippen LogP contribution in [0, 0.1) is 17.0 Å². The number of nitro benzene ring substituents is 1. The second-order valence-electron chi connectivity index (χ2n) is 7.49. The normalized spacial score (nSPS) is 11.0. The lowest BCUT2D eigenvalue weighted by molar-refractivity contribution is -0.384. The van der Waals surface area contributed by atoms with Crippen LogP contribution in [-0.2, 0) is 4.79 Å². The molecule has 4 aromatic rings. The summed E-state index contributed by atoms with van der Waals surface area (Å²) in [6.07, 6.45) is 3.24. The van der Waals surface area contributed by atoms with Crippen LogP contribution in [0.1, 0.15) is 27.2 Å². The molecule has 0 radical (unpaired) electrons. The van der Waals surface area contributed by atoms with E-state index in [2.05, 4.69) is 15.8 Å². The Balaban J connectivity index is 1.58. The van der Waals surface area contributed by atoms with Crippen LogP contribution in [0.5, 0.6) is 0 Å². The van der Waals surface area contributed by atoms with Crippen molar-refractivity contribution in [2.75, 3.05) is 11.9 Å². The van der Waals surface area contributed by atoms with Crippen molar-refractivity contribution in [1.82, 2.24) is 9.83 Å². The van der Waals surface area contributed by atoms with Crippen LogP contribution in [0.15, 0.2) is 84.1 Å². The topological polar surface area (TPSA) is 118 Å². The number of hydrazone groups is 1. The highest BCUT2D eigenvalue weighted by molar-refractivity contribution is 6.12. The Bertz CT molecular complexity index is 1410. The van der Waals surface area contributed by atoms with Crippen molar-refractivity contribution in [2.24, 2.45) is 5.10 Å². The minimum Gasteiger partial charge on any atom is -0.376 e. The van der Waals surface area contributed by atoms with E-state index >= 15 is 0 Å². The number of nitro groups is 1. The molecule has 0 bridgehead atoms. The Morgan fingerprint density at radius 1 is 1.06 bits per heavy atom. The zero-order chi connectivity index (χ0) is 24.1. The Hall–Kier alpha value is -4.79. The summed E-state index contributed by atoms with van der Waals surface area (Å²) in [5.74, 6) is -0.674. The molecule has 34 heavy (non-hydrogen) atoms. The van der Waals surface area contributed by atoms with Crippen LogP contribution < -0.4 is 10.7 Å². The summed E-state index contributed by atoms with van der Waals surface area (Å²) in [4.78, 5) is 36.0. The van der Waals surface area contributed by atoms with Gasteiger partial charge in [-0.3, -0.25) is 19.7 Å². The van der Waals surface area contributed by atoms with Crippen molar-refractivity contribution >= 4 is 34.8 Å². The van der Waals surface area contributed by atoms with Crippen LogP contribution >= 0.6 is 0 Å². The number of non-ortho nitro benzene ring substituents is 1. The molecule has 0 spiro atoms. The highest BCUT2D eigenvalue weighted by Crippen LogP contribution is 2.25. The molecule has 2 heterocycles. The molecular formula is C25H21N5O4. The number of hydrogen-bond donors (Lipinski definition) is 2. The summed E-state index contributed by atoms with van der Waals surface area (Å²) in [7, 11) is 0. The number of fused-ring (bicyclic) bond motifs is 1. The number of rotatable bonds is 8. The zero-order valence-corrected chi connectivity index (χ0v) is 18.3. The van der Waals surface area contributed by atoms with Gasteiger partial charge in [0.15, 0.2) is 0 Å². The van der Waals surface area contributed by atoms with E-state index in [9.17, 15) is 19.7 Å². The van der Waals surface area contributed by atoms with Gasteiger partial charge in [-0.1, -0.05) is 36.4 Å². The summed E-state index contributed by atoms with van der Waals surface area (Å²) >= 11 is 0. The van der Waals surface area contributed by atoms with Crippen molar-refractivity contribution in [3.8, 4) is 0 Å². The summed E-state index contributed by atoms with van der Waals surface area (Å²) in [6.45, 7) is 1.82. The van der Waals surface area contributed by atoms with E-state index in [-0.39, 0.29) is 29.5 Å². The molecule has 9 heteroatoms. The van der Waals surface area contributed by atoms with E-state index in [1.807, 2.05) is 42.5 Å². The maximum absolute atomic E-state index is 13.3. The molecule has 0 fully saturated rings. The third kappa shape index (κ3) is 4.68. The Labute approximate surface area is 194 Å². The molecule has 0 saturated carbocycles. The van der Waals surface area contributed by atoms with E-state index in [0.717, 1.165) is 5.69 Å². The molecule has 2 N–H and O–H groups in total. The quantitative estimate of drug-likeness (QED) is 0.181. The highest BCUT2D eigenvalue weighted by Gasteiger charge is 2.22. The number of pyridine rings is 1. The summed E-state index contributed by atoms with van der Waals surface area (Å²) in [6, 6.07) is 20.4. The number of carbonyl (C=O) groups is 2. The van der Waals surface area contributed by atoms with E-state index < -0.39 is 4.92 Å². The van der Waals surface area contributed by atoms with Crippen molar-refractivity contribution in [1.29, 1.82) is 0 Å². The first-order valence-corrected chi connectivity index (χ1v) is 10.5. The van der Waals surface area contributed by atoms with Crippen molar-refractivity contribution in [2.45, 2.75) is 6.92 Å². The molecule has 0 aliphatic rings. The third-order valence-electron chi connectivity index (χ3n) is 5.28. The van der Waals surface area contributed by atoms with Gasteiger partial charge in [0.1, 0.15) is 0 Å². The van der Waals surface area contributed by atoms with Crippen LogP contribution in [0.3, 0.4) is 0 Å². The molecule has 4 rings (SSSR count). The second kappa shape index (κ2) is 9.78. The minimum absolute atomic E-state index is 0.0490. The molecule has 2 aromatic heterocycles. The molecule has 9 nitrogen and oxygen atoms in total. The van der Waals surface area contributed by atoms with Gasteiger partial charge in [0.05, 0.1) is 28.9 Å². The van der Waals surface area contributed by atoms with E-state index in [0.29, 0.717) is 22.3 Å². The van der Waals surface area contributed by atoms with E-state index in [4.69, 9.17) is 0 Å². The molecule has 1 amide bonds. The molecule has 170 valence electrons. The summed E-state index contributed by atoms with van der Waals surface area (Å²) in [5, 5.41) is 18.2. The lowest BCUT2D eigenvalue weighted by Crippen LogP contribution is -2.25. The standard InChI is InChI=1S/C25H21N5O4/c1-17-21(15-27-28-23(31)16-26-19-9-3-2-4-10-19)22-12-5-6-13-29(22)24(17)25(32)18-8-7-11-20(14-18)30(33)34/h2-15,26H,16H2,1H3,(H,28,31). The van der Waals surface area contributed by atoms with Crippen molar-refractivity contribution < 1.29 is 14.5 Å². The largest absolute Gasteiger partial charge is 0.376 e. The third-order valence-corrected chi connectivity index (χ3v) is 5.28. The number of amides is 1. The number of hydrogen-bond acceptors (Lipinski definition) is 6. The molecule has 2 aromatic carbocycles. The van der Waals surface area contributed by atoms with Gasteiger partial charge in [-0.15, -0.1) is 0 Å². The van der Waals surface area contributed by atoms with Crippen molar-refractivity contribution in [3.63, 3.8) is 0 Å². The lowest BCUT2D eigenvalue weighted by Gasteiger charge is -2.04. The first-order chi connectivity index (χ1) is 16.5. The average molecular weight is 455 g/mol. The predicted molar refractivity (Wildman–Crippen MR) is 129 cm³/mol. The van der Waals surface area contributed by atoms with Gasteiger partial charge in [0.2, 0.25) is 5.78 Å². The fourth-order valence-corrected chi connectivity index (χ4v) is 3.64. The number of ketones is 1. The molecular weight excluding hydrogens is 434 g/mol. The van der Waals surface area contributed by atoms with Gasteiger partial charge in [-0.05, 0) is 36.8 Å². The van der Waals surface area contributed by atoms with Gasteiger partial charge in [-0.2, -0.15) is 5.10 Å². The van der Waals surface area contributed by atoms with E-state index in [1.54, 1.807) is 29.7 Å². The van der Waals surface area contributed by atoms with E-state index in [1.165, 1.54) is 24.4 Å². The summed E-state index contributed by atoms with van der Waals surface area (Å²) in [5.41, 5.74) is 5.75. The van der Waals surface area contributed by atoms with Crippen LogP contribution in [0.25, 0.3) is 5.52 Å². The molecule has 0 aliphatic carbocycles. The van der Waals surface area contributed by atoms with Gasteiger partial charge in [-0.25, -0.2) is 5.43 Å². The monoisotopic (exact) mass is 455 g/mol. The van der Waals surface area contributed by atoms with Crippen LogP contribution in [0.4, 0.5) is 11.4 Å². The molecule has 0 atom stereocenters. The van der Waals surface area contributed by atoms with Gasteiger partial charge >= 0.3 is 0 Å². The number of nitrogens with one attached hydrogen (secondary N) is 2. The minimum atomic E-state index is -0.534. The highest BCUT2D eigenvalue weighted by atomic mass is 16.6. The Morgan fingerprint density at radius 3 is 2.59 bits per heavy atom. The lowest BCUT2D eigenvalue weighted by atomic mass is 10.0. The SMILES string of the molecule is Cc1c(C=NNC(=O)CNc2ccccc2)c2ccccn2c1C(=O)c1cccc([N+](=O)[O-])c1. The number of anilines is 1. The first kappa shape index (κ1) is 22.4. The van der Waals surface area contributed by atoms with Gasteiger partial charge in [0.25, 0.3) is 11.6 Å². The zero-order valence-electron chi connectivity index (χ0n) is 18.3. The van der Waals surface area contributed by atoms with Gasteiger partial charge < -0.3 is 9.72 Å². The fraction of sp³-hybridized carbons (Fsp3) is 0.0800. The second-order valence-corrected chi connectivity index (χ2v) is 7.49. The molecule has 0 aliphatic heterocycles. The van der Waals surface area contributed by atoms with Crippen LogP contribution in [0.2, 0.25) is 0 Å². The Kier molecular flexibility index (Phi) is 6.45. The van der Waals surface area contributed by atoms with Gasteiger partial charge in [0, 0.05) is 35.1 Å². The maximum atomic E-state index is 13.3.